The molecule has 0 aliphatic carbocycles. The van der Waals surface area contributed by atoms with E-state index >= 15 is 0 Å². The second-order valence-electron chi connectivity index (χ2n) is 3.02. The van der Waals surface area contributed by atoms with Gasteiger partial charge in [-0.3, -0.25) is 0 Å². The lowest BCUT2D eigenvalue weighted by molar-refractivity contribution is 0.322. The summed E-state index contributed by atoms with van der Waals surface area (Å²) in [5.74, 6) is 0.221. The summed E-state index contributed by atoms with van der Waals surface area (Å²) in [7, 11) is 0. The molecular formula is C10H14FNOS. The van der Waals surface area contributed by atoms with E-state index in [9.17, 15) is 4.39 Å². The Labute approximate surface area is 87.3 Å². The summed E-state index contributed by atoms with van der Waals surface area (Å²) in [6.07, 6.45) is 0. The van der Waals surface area contributed by atoms with E-state index in [0.29, 0.717) is 10.6 Å². The van der Waals surface area contributed by atoms with Gasteiger partial charge in [0.25, 0.3) is 0 Å². The van der Waals surface area contributed by atoms with Crippen LogP contribution in [0.25, 0.3) is 0 Å². The van der Waals surface area contributed by atoms with Crippen molar-refractivity contribution >= 4 is 11.8 Å². The summed E-state index contributed by atoms with van der Waals surface area (Å²) in [4.78, 5) is 0.552. The van der Waals surface area contributed by atoms with Crippen molar-refractivity contribution in [3.05, 3.63) is 29.6 Å². The van der Waals surface area contributed by atoms with Crippen LogP contribution in [0.5, 0.6) is 0 Å². The first-order valence-electron chi connectivity index (χ1n) is 4.44. The van der Waals surface area contributed by atoms with Gasteiger partial charge in [0.1, 0.15) is 5.82 Å². The van der Waals surface area contributed by atoms with Crippen LogP contribution in [0.15, 0.2) is 23.1 Å². The van der Waals surface area contributed by atoms with Crippen molar-refractivity contribution in [1.29, 1.82) is 0 Å². The fraction of sp³-hybridized carbons (Fsp3) is 0.400. The third-order valence-corrected chi connectivity index (χ3v) is 2.93. The molecule has 1 aromatic carbocycles. The summed E-state index contributed by atoms with van der Waals surface area (Å²) < 4.78 is 13.4. The number of thioether (sulfide) groups is 1. The first kappa shape index (κ1) is 11.5. The van der Waals surface area contributed by atoms with Crippen molar-refractivity contribution in [3.8, 4) is 0 Å². The van der Waals surface area contributed by atoms with Crippen LogP contribution in [0.2, 0.25) is 0 Å². The molecule has 0 radical (unpaired) electrons. The molecule has 0 saturated heterocycles. The number of aliphatic hydroxyl groups is 1. The van der Waals surface area contributed by atoms with E-state index in [0.717, 1.165) is 5.56 Å². The zero-order valence-corrected chi connectivity index (χ0v) is 8.85. The van der Waals surface area contributed by atoms with Gasteiger partial charge in [0.05, 0.1) is 6.61 Å². The monoisotopic (exact) mass is 215 g/mol. The SMILES string of the molecule is CC(N)c1cccc(F)c1SCCO. The van der Waals surface area contributed by atoms with Gasteiger partial charge in [0.2, 0.25) is 0 Å². The van der Waals surface area contributed by atoms with Gasteiger partial charge in [-0.05, 0) is 18.6 Å². The van der Waals surface area contributed by atoms with Crippen molar-refractivity contribution in [2.45, 2.75) is 17.9 Å². The number of aliphatic hydroxyl groups excluding tert-OH is 1. The van der Waals surface area contributed by atoms with Crippen molar-refractivity contribution < 1.29 is 9.50 Å². The molecule has 1 unspecified atom stereocenters. The Morgan fingerprint density at radius 1 is 1.57 bits per heavy atom. The van der Waals surface area contributed by atoms with Gasteiger partial charge in [-0.25, -0.2) is 4.39 Å². The molecule has 1 rings (SSSR count). The molecule has 0 aliphatic heterocycles. The van der Waals surface area contributed by atoms with E-state index in [4.69, 9.17) is 10.8 Å². The van der Waals surface area contributed by atoms with Crippen molar-refractivity contribution in [1.82, 2.24) is 0 Å². The van der Waals surface area contributed by atoms with Crippen LogP contribution < -0.4 is 5.73 Å². The minimum Gasteiger partial charge on any atom is -0.396 e. The fourth-order valence-corrected chi connectivity index (χ4v) is 2.11. The van der Waals surface area contributed by atoms with Gasteiger partial charge in [-0.2, -0.15) is 0 Å². The average Bonchev–Trinajstić information content (AvgIpc) is 2.15. The molecule has 0 aromatic heterocycles. The maximum absolute atomic E-state index is 13.4. The Morgan fingerprint density at radius 3 is 2.86 bits per heavy atom. The van der Waals surface area contributed by atoms with Crippen molar-refractivity contribution in [2.24, 2.45) is 5.73 Å². The van der Waals surface area contributed by atoms with Crippen LogP contribution in [-0.2, 0) is 0 Å². The molecule has 0 bridgehead atoms. The molecule has 1 aromatic rings. The highest BCUT2D eigenvalue weighted by Gasteiger charge is 2.11. The Morgan fingerprint density at radius 2 is 2.29 bits per heavy atom. The van der Waals surface area contributed by atoms with Crippen LogP contribution in [0.4, 0.5) is 4.39 Å². The van der Waals surface area contributed by atoms with Crippen molar-refractivity contribution in [3.63, 3.8) is 0 Å². The van der Waals surface area contributed by atoms with Crippen LogP contribution in [0.3, 0.4) is 0 Å². The standard InChI is InChI=1S/C10H14FNOS/c1-7(12)8-3-2-4-9(11)10(8)14-6-5-13/h2-4,7,13H,5-6,12H2,1H3. The average molecular weight is 215 g/mol. The fourth-order valence-electron chi connectivity index (χ4n) is 1.18. The Bertz CT molecular complexity index is 304. The number of benzene rings is 1. The minimum absolute atomic E-state index is 0.0391. The van der Waals surface area contributed by atoms with Gasteiger partial charge in [-0.1, -0.05) is 12.1 Å². The smallest absolute Gasteiger partial charge is 0.137 e. The van der Waals surface area contributed by atoms with E-state index in [-0.39, 0.29) is 18.5 Å². The number of hydrogen-bond donors (Lipinski definition) is 2. The highest BCUT2D eigenvalue weighted by molar-refractivity contribution is 7.99. The number of rotatable bonds is 4. The van der Waals surface area contributed by atoms with E-state index < -0.39 is 0 Å². The predicted octanol–water partition coefficient (Wildman–Crippen LogP) is 1.93. The molecule has 0 heterocycles. The van der Waals surface area contributed by atoms with Crippen molar-refractivity contribution in [2.75, 3.05) is 12.4 Å². The highest BCUT2D eigenvalue weighted by atomic mass is 32.2. The lowest BCUT2D eigenvalue weighted by Gasteiger charge is -2.12. The first-order valence-corrected chi connectivity index (χ1v) is 5.43. The van der Waals surface area contributed by atoms with Gasteiger partial charge in [0.15, 0.2) is 0 Å². The molecule has 14 heavy (non-hydrogen) atoms. The Balaban J connectivity index is 2.96. The molecular weight excluding hydrogens is 201 g/mol. The third kappa shape index (κ3) is 2.70. The number of halogens is 1. The molecule has 1 atom stereocenters. The molecule has 3 N–H and O–H groups in total. The molecule has 4 heteroatoms. The van der Waals surface area contributed by atoms with Crippen LogP contribution in [0, 0.1) is 5.82 Å². The normalized spacial score (nSPS) is 12.9. The maximum atomic E-state index is 13.4. The molecule has 0 fully saturated rings. The topological polar surface area (TPSA) is 46.2 Å². The van der Waals surface area contributed by atoms with Gasteiger partial charge in [-0.15, -0.1) is 11.8 Å². The predicted molar refractivity (Wildman–Crippen MR) is 56.8 cm³/mol. The molecule has 0 saturated carbocycles. The summed E-state index contributed by atoms with van der Waals surface area (Å²) in [5, 5.41) is 8.67. The molecule has 0 aliphatic rings. The maximum Gasteiger partial charge on any atom is 0.137 e. The first-order chi connectivity index (χ1) is 6.66. The molecule has 0 amide bonds. The Kier molecular flexibility index (Phi) is 4.38. The lowest BCUT2D eigenvalue weighted by atomic mass is 10.1. The number of nitrogens with two attached hydrogens (primary N) is 1. The van der Waals surface area contributed by atoms with E-state index in [2.05, 4.69) is 0 Å². The lowest BCUT2D eigenvalue weighted by Crippen LogP contribution is -2.07. The molecule has 0 spiro atoms. The summed E-state index contributed by atoms with van der Waals surface area (Å²) in [6, 6.07) is 4.68. The van der Waals surface area contributed by atoms with E-state index in [1.54, 1.807) is 6.07 Å². The van der Waals surface area contributed by atoms with E-state index in [1.807, 2.05) is 13.0 Å². The third-order valence-electron chi connectivity index (χ3n) is 1.83. The Hall–Kier alpha value is -0.580. The summed E-state index contributed by atoms with van der Waals surface area (Å²) in [6.45, 7) is 1.86. The minimum atomic E-state index is -0.266. The largest absolute Gasteiger partial charge is 0.396 e. The molecule has 78 valence electrons. The van der Waals surface area contributed by atoms with E-state index in [1.165, 1.54) is 17.8 Å². The van der Waals surface area contributed by atoms with Gasteiger partial charge < -0.3 is 10.8 Å². The highest BCUT2D eigenvalue weighted by Crippen LogP contribution is 2.28. The van der Waals surface area contributed by atoms with Gasteiger partial charge in [0, 0.05) is 16.7 Å². The summed E-state index contributed by atoms with van der Waals surface area (Å²) >= 11 is 1.30. The molecule has 2 nitrogen and oxygen atoms in total. The second-order valence-corrected chi connectivity index (χ2v) is 4.12. The van der Waals surface area contributed by atoms with Crippen LogP contribution in [0.1, 0.15) is 18.5 Å². The van der Waals surface area contributed by atoms with Crippen LogP contribution >= 0.6 is 11.8 Å². The second kappa shape index (κ2) is 5.34. The zero-order chi connectivity index (χ0) is 10.6. The quantitative estimate of drug-likeness (QED) is 0.754. The van der Waals surface area contributed by atoms with Gasteiger partial charge >= 0.3 is 0 Å². The summed E-state index contributed by atoms with van der Waals surface area (Å²) in [5.41, 5.74) is 6.51. The number of hydrogen-bond acceptors (Lipinski definition) is 3. The van der Waals surface area contributed by atoms with Crippen LogP contribution in [-0.4, -0.2) is 17.5 Å². The zero-order valence-electron chi connectivity index (χ0n) is 8.03.